The Morgan fingerprint density at radius 3 is 1.83 bits per heavy atom. The molecule has 29 heavy (non-hydrogen) atoms. The van der Waals surface area contributed by atoms with Gasteiger partial charge >= 0.3 is 0 Å². The fraction of sp³-hybridized carbons (Fsp3) is 0.421. The van der Waals surface area contributed by atoms with E-state index in [-0.39, 0.29) is 32.2 Å². The molecule has 7 N–H and O–H groups in total. The summed E-state index contributed by atoms with van der Waals surface area (Å²) in [5, 5.41) is 7.62. The predicted octanol–water partition coefficient (Wildman–Crippen LogP) is -1.18. The van der Waals surface area contributed by atoms with E-state index in [0.717, 1.165) is 5.56 Å². The summed E-state index contributed by atoms with van der Waals surface area (Å²) >= 11 is 0. The Hall–Kier alpha value is -3.43. The first-order valence-corrected chi connectivity index (χ1v) is 9.14. The largest absolute Gasteiger partial charge is 0.370 e. The van der Waals surface area contributed by atoms with Crippen LogP contribution in [0.1, 0.15) is 38.2 Å². The van der Waals surface area contributed by atoms with Gasteiger partial charge in [0.15, 0.2) is 0 Å². The number of nitrogens with two attached hydrogens (primary N) is 2. The molecule has 5 amide bonds. The summed E-state index contributed by atoms with van der Waals surface area (Å²) in [6.07, 6.45) is -0.264. The minimum atomic E-state index is -1.04. The summed E-state index contributed by atoms with van der Waals surface area (Å²) in [7, 11) is 0. The molecular weight excluding hydrogens is 378 g/mol. The summed E-state index contributed by atoms with van der Waals surface area (Å²) in [5.41, 5.74) is 11.1. The maximum absolute atomic E-state index is 12.6. The molecule has 0 heterocycles. The average molecular weight is 405 g/mol. The Morgan fingerprint density at radius 2 is 1.34 bits per heavy atom. The molecule has 10 heteroatoms. The van der Waals surface area contributed by atoms with Crippen LogP contribution in [0.25, 0.3) is 0 Å². The number of rotatable bonds is 12. The smallest absolute Gasteiger partial charge is 0.243 e. The van der Waals surface area contributed by atoms with Crippen LogP contribution in [0.3, 0.4) is 0 Å². The lowest BCUT2D eigenvalue weighted by Crippen LogP contribution is -2.53. The quantitative estimate of drug-likeness (QED) is 0.294. The highest BCUT2D eigenvalue weighted by Crippen LogP contribution is 2.04. The number of carbonyl (C=O) groups excluding carboxylic acids is 5. The highest BCUT2D eigenvalue weighted by molar-refractivity contribution is 5.92. The summed E-state index contributed by atoms with van der Waals surface area (Å²) < 4.78 is 0. The van der Waals surface area contributed by atoms with Gasteiger partial charge in [-0.3, -0.25) is 24.0 Å². The number of hydrogen-bond acceptors (Lipinski definition) is 5. The lowest BCUT2D eigenvalue weighted by atomic mass is 10.1. The number of hydrogen-bond donors (Lipinski definition) is 5. The second-order valence-electron chi connectivity index (χ2n) is 6.53. The van der Waals surface area contributed by atoms with Crippen LogP contribution in [-0.4, -0.2) is 41.6 Å². The first-order valence-electron chi connectivity index (χ1n) is 9.14. The molecule has 0 saturated heterocycles. The van der Waals surface area contributed by atoms with E-state index in [1.807, 2.05) is 30.3 Å². The first kappa shape index (κ1) is 23.6. The molecule has 1 rings (SSSR count). The second-order valence-corrected chi connectivity index (χ2v) is 6.53. The van der Waals surface area contributed by atoms with Crippen molar-refractivity contribution < 1.29 is 24.0 Å². The van der Waals surface area contributed by atoms with Crippen molar-refractivity contribution in [3.8, 4) is 0 Å². The zero-order valence-electron chi connectivity index (χ0n) is 16.3. The van der Waals surface area contributed by atoms with Crippen molar-refractivity contribution in [1.29, 1.82) is 0 Å². The Morgan fingerprint density at radius 1 is 0.828 bits per heavy atom. The van der Waals surface area contributed by atoms with Crippen LogP contribution in [0.15, 0.2) is 30.3 Å². The van der Waals surface area contributed by atoms with Crippen molar-refractivity contribution in [2.45, 2.75) is 51.2 Å². The Labute approximate surface area is 168 Å². The Kier molecular flexibility index (Phi) is 9.86. The molecular formula is C19H27N5O5. The SMILES string of the molecule is CC(=O)N[C@@H](CCC(N)=O)C(=O)N[C@@H](CCC(N)=O)C(=O)NCc1ccccc1. The van der Waals surface area contributed by atoms with Crippen LogP contribution in [0.4, 0.5) is 0 Å². The fourth-order valence-electron chi connectivity index (χ4n) is 2.54. The van der Waals surface area contributed by atoms with Gasteiger partial charge in [0.25, 0.3) is 0 Å². The van der Waals surface area contributed by atoms with Gasteiger partial charge in [0.2, 0.25) is 29.5 Å². The van der Waals surface area contributed by atoms with Crippen molar-refractivity contribution in [2.24, 2.45) is 11.5 Å². The average Bonchev–Trinajstić information content (AvgIpc) is 2.66. The third kappa shape index (κ3) is 9.89. The molecule has 0 aliphatic rings. The number of nitrogens with one attached hydrogen (secondary N) is 3. The molecule has 0 fully saturated rings. The van der Waals surface area contributed by atoms with Crippen LogP contribution in [0.5, 0.6) is 0 Å². The molecule has 1 aromatic rings. The van der Waals surface area contributed by atoms with E-state index in [2.05, 4.69) is 16.0 Å². The molecule has 1 aromatic carbocycles. The molecule has 0 spiro atoms. The van der Waals surface area contributed by atoms with Gasteiger partial charge in [0.1, 0.15) is 12.1 Å². The number of amides is 5. The Balaban J connectivity index is 2.80. The van der Waals surface area contributed by atoms with Gasteiger partial charge in [-0.1, -0.05) is 30.3 Å². The van der Waals surface area contributed by atoms with Crippen molar-refractivity contribution in [2.75, 3.05) is 0 Å². The summed E-state index contributed by atoms with van der Waals surface area (Å²) in [5.74, 6) is -2.88. The van der Waals surface area contributed by atoms with E-state index >= 15 is 0 Å². The van der Waals surface area contributed by atoms with E-state index < -0.39 is 41.6 Å². The third-order valence-electron chi connectivity index (χ3n) is 4.00. The number of benzene rings is 1. The van der Waals surface area contributed by atoms with Gasteiger partial charge in [-0.05, 0) is 18.4 Å². The van der Waals surface area contributed by atoms with Crippen molar-refractivity contribution in [3.63, 3.8) is 0 Å². The zero-order valence-corrected chi connectivity index (χ0v) is 16.3. The topological polar surface area (TPSA) is 173 Å². The van der Waals surface area contributed by atoms with Gasteiger partial charge in [0.05, 0.1) is 0 Å². The second kappa shape index (κ2) is 12.1. The van der Waals surface area contributed by atoms with E-state index in [1.54, 1.807) is 0 Å². The molecule has 10 nitrogen and oxygen atoms in total. The normalized spacial score (nSPS) is 12.3. The summed E-state index contributed by atoms with van der Waals surface area (Å²) in [6, 6.07) is 7.06. The molecule has 0 aliphatic carbocycles. The van der Waals surface area contributed by atoms with E-state index in [4.69, 9.17) is 11.5 Å². The predicted molar refractivity (Wildman–Crippen MR) is 105 cm³/mol. The molecule has 0 bridgehead atoms. The highest BCUT2D eigenvalue weighted by Gasteiger charge is 2.26. The molecule has 0 aromatic heterocycles. The molecule has 2 atom stereocenters. The zero-order chi connectivity index (χ0) is 21.8. The number of primary amides is 2. The lowest BCUT2D eigenvalue weighted by molar-refractivity contribution is -0.132. The summed E-state index contributed by atoms with van der Waals surface area (Å²) in [4.78, 5) is 58.6. The first-order chi connectivity index (χ1) is 13.7. The van der Waals surface area contributed by atoms with Crippen LogP contribution in [0.2, 0.25) is 0 Å². The van der Waals surface area contributed by atoms with Crippen molar-refractivity contribution >= 4 is 29.5 Å². The molecule has 0 unspecified atom stereocenters. The molecule has 0 radical (unpaired) electrons. The van der Waals surface area contributed by atoms with Gasteiger partial charge in [-0.2, -0.15) is 0 Å². The van der Waals surface area contributed by atoms with Crippen molar-refractivity contribution in [1.82, 2.24) is 16.0 Å². The van der Waals surface area contributed by atoms with Gasteiger partial charge < -0.3 is 27.4 Å². The van der Waals surface area contributed by atoms with Gasteiger partial charge in [-0.15, -0.1) is 0 Å². The van der Waals surface area contributed by atoms with Crippen LogP contribution in [-0.2, 0) is 30.5 Å². The van der Waals surface area contributed by atoms with Crippen molar-refractivity contribution in [3.05, 3.63) is 35.9 Å². The van der Waals surface area contributed by atoms with Crippen LogP contribution in [0, 0.1) is 0 Å². The van der Waals surface area contributed by atoms with E-state index in [0.29, 0.717) is 0 Å². The number of carbonyl (C=O) groups is 5. The van der Waals surface area contributed by atoms with E-state index in [1.165, 1.54) is 6.92 Å². The Bertz CT molecular complexity index is 738. The standard InChI is InChI=1S/C19H27N5O5/c1-12(25)23-15(8-10-17(21)27)19(29)24-14(7-9-16(20)26)18(28)22-11-13-5-3-2-4-6-13/h2-6,14-15H,7-11H2,1H3,(H2,20,26)(H2,21,27)(H,22,28)(H,23,25)(H,24,29)/t14-,15-/m0/s1. The molecule has 0 saturated carbocycles. The van der Waals surface area contributed by atoms with Gasteiger partial charge in [-0.25, -0.2) is 0 Å². The van der Waals surface area contributed by atoms with Gasteiger partial charge in [0, 0.05) is 26.3 Å². The minimum Gasteiger partial charge on any atom is -0.370 e. The lowest BCUT2D eigenvalue weighted by Gasteiger charge is -2.22. The maximum atomic E-state index is 12.6. The summed E-state index contributed by atoms with van der Waals surface area (Å²) in [6.45, 7) is 1.46. The van der Waals surface area contributed by atoms with Crippen LogP contribution < -0.4 is 27.4 Å². The van der Waals surface area contributed by atoms with Crippen LogP contribution >= 0.6 is 0 Å². The minimum absolute atomic E-state index is 0.00962. The third-order valence-corrected chi connectivity index (χ3v) is 4.00. The highest BCUT2D eigenvalue weighted by atomic mass is 16.2. The molecule has 0 aliphatic heterocycles. The monoisotopic (exact) mass is 405 g/mol. The fourth-order valence-corrected chi connectivity index (χ4v) is 2.54. The maximum Gasteiger partial charge on any atom is 0.243 e. The van der Waals surface area contributed by atoms with E-state index in [9.17, 15) is 24.0 Å². The molecule has 158 valence electrons.